The molecular formula is C22H29IN4O2S. The first-order valence-electron chi connectivity index (χ1n) is 9.82. The van der Waals surface area contributed by atoms with Gasteiger partial charge in [-0.3, -0.25) is 0 Å². The molecule has 8 heteroatoms. The van der Waals surface area contributed by atoms with Gasteiger partial charge in [-0.1, -0.05) is 30.3 Å². The molecule has 6 nitrogen and oxygen atoms in total. The van der Waals surface area contributed by atoms with Gasteiger partial charge >= 0.3 is 0 Å². The Morgan fingerprint density at radius 3 is 2.47 bits per heavy atom. The Labute approximate surface area is 195 Å². The molecule has 0 saturated carbocycles. The van der Waals surface area contributed by atoms with E-state index < -0.39 is 9.84 Å². The van der Waals surface area contributed by atoms with Gasteiger partial charge in [0.25, 0.3) is 0 Å². The van der Waals surface area contributed by atoms with Gasteiger partial charge in [0.2, 0.25) is 0 Å². The summed E-state index contributed by atoms with van der Waals surface area (Å²) in [6, 6.07) is 17.4. The molecule has 2 aromatic carbocycles. The van der Waals surface area contributed by atoms with E-state index in [4.69, 9.17) is 0 Å². The fourth-order valence-corrected chi connectivity index (χ4v) is 3.78. The van der Waals surface area contributed by atoms with Crippen molar-refractivity contribution in [2.24, 2.45) is 4.99 Å². The van der Waals surface area contributed by atoms with Crippen LogP contribution in [0.4, 0.5) is 0 Å². The SMILES string of the molecule is CCNC(=NCc1ccc(S(C)(=O)=O)cc1)NCCCn1ccc2ccccc21.I. The molecule has 162 valence electrons. The van der Waals surface area contributed by atoms with Gasteiger partial charge in [0.05, 0.1) is 11.4 Å². The number of aromatic nitrogens is 1. The second kappa shape index (κ2) is 11.4. The van der Waals surface area contributed by atoms with E-state index in [0.29, 0.717) is 11.4 Å². The van der Waals surface area contributed by atoms with Crippen molar-refractivity contribution in [3.05, 3.63) is 66.4 Å². The van der Waals surface area contributed by atoms with Crippen LogP contribution in [0.1, 0.15) is 18.9 Å². The van der Waals surface area contributed by atoms with Gasteiger partial charge in [0.15, 0.2) is 15.8 Å². The molecule has 0 fully saturated rings. The number of para-hydroxylation sites is 1. The summed E-state index contributed by atoms with van der Waals surface area (Å²) in [5, 5.41) is 7.88. The summed E-state index contributed by atoms with van der Waals surface area (Å²) in [6.45, 7) is 5.05. The smallest absolute Gasteiger partial charge is 0.191 e. The minimum absolute atomic E-state index is 0. The lowest BCUT2D eigenvalue weighted by atomic mass is 10.2. The molecule has 0 amide bonds. The van der Waals surface area contributed by atoms with E-state index >= 15 is 0 Å². The Bertz CT molecular complexity index is 1080. The van der Waals surface area contributed by atoms with Crippen LogP contribution in [0.3, 0.4) is 0 Å². The van der Waals surface area contributed by atoms with Crippen LogP contribution in [-0.4, -0.2) is 38.3 Å². The third-order valence-electron chi connectivity index (χ3n) is 4.66. The fourth-order valence-electron chi connectivity index (χ4n) is 3.15. The van der Waals surface area contributed by atoms with Crippen LogP contribution < -0.4 is 10.6 Å². The predicted molar refractivity (Wildman–Crippen MR) is 134 cm³/mol. The van der Waals surface area contributed by atoms with Gasteiger partial charge in [-0.2, -0.15) is 0 Å². The number of halogens is 1. The maximum atomic E-state index is 11.6. The summed E-state index contributed by atoms with van der Waals surface area (Å²) in [5.74, 6) is 0.761. The molecule has 0 aliphatic rings. The average molecular weight is 540 g/mol. The lowest BCUT2D eigenvalue weighted by Crippen LogP contribution is -2.38. The zero-order chi connectivity index (χ0) is 20.7. The third-order valence-corrected chi connectivity index (χ3v) is 5.79. The van der Waals surface area contributed by atoms with Crippen molar-refractivity contribution in [3.63, 3.8) is 0 Å². The number of fused-ring (bicyclic) bond motifs is 1. The maximum Gasteiger partial charge on any atom is 0.191 e. The minimum atomic E-state index is -3.17. The molecule has 0 aliphatic carbocycles. The number of hydrogen-bond donors (Lipinski definition) is 2. The van der Waals surface area contributed by atoms with Crippen LogP contribution in [0.2, 0.25) is 0 Å². The number of guanidine groups is 1. The van der Waals surface area contributed by atoms with Gasteiger partial charge in [0.1, 0.15) is 0 Å². The van der Waals surface area contributed by atoms with Gasteiger partial charge in [-0.05, 0) is 48.6 Å². The molecule has 0 atom stereocenters. The van der Waals surface area contributed by atoms with E-state index in [9.17, 15) is 8.42 Å². The van der Waals surface area contributed by atoms with Crippen molar-refractivity contribution < 1.29 is 8.42 Å². The number of nitrogens with zero attached hydrogens (tertiary/aromatic N) is 2. The van der Waals surface area contributed by atoms with Crippen LogP contribution in [-0.2, 0) is 22.9 Å². The molecular weight excluding hydrogens is 511 g/mol. The first kappa shape index (κ1) is 24.2. The molecule has 1 heterocycles. The van der Waals surface area contributed by atoms with E-state index in [1.807, 2.05) is 6.92 Å². The number of hydrogen-bond acceptors (Lipinski definition) is 3. The van der Waals surface area contributed by atoms with Crippen molar-refractivity contribution >= 4 is 50.7 Å². The lowest BCUT2D eigenvalue weighted by molar-refractivity contribution is 0.602. The summed E-state index contributed by atoms with van der Waals surface area (Å²) in [4.78, 5) is 4.92. The van der Waals surface area contributed by atoms with E-state index in [2.05, 4.69) is 56.7 Å². The fraction of sp³-hybridized carbons (Fsp3) is 0.318. The topological polar surface area (TPSA) is 75.5 Å². The second-order valence-corrected chi connectivity index (χ2v) is 8.98. The summed E-state index contributed by atoms with van der Waals surface area (Å²) in [6.07, 6.45) is 4.32. The monoisotopic (exact) mass is 540 g/mol. The van der Waals surface area contributed by atoms with E-state index in [-0.39, 0.29) is 24.0 Å². The third kappa shape index (κ3) is 6.73. The highest BCUT2D eigenvalue weighted by atomic mass is 127. The van der Waals surface area contributed by atoms with Gasteiger partial charge in [-0.25, -0.2) is 13.4 Å². The van der Waals surface area contributed by atoms with E-state index in [1.54, 1.807) is 24.3 Å². The molecule has 2 N–H and O–H groups in total. The second-order valence-electron chi connectivity index (χ2n) is 6.96. The molecule has 0 spiro atoms. The van der Waals surface area contributed by atoms with Crippen LogP contribution in [0.5, 0.6) is 0 Å². The molecule has 0 bridgehead atoms. The zero-order valence-corrected chi connectivity index (χ0v) is 20.5. The molecule has 0 saturated heterocycles. The summed E-state index contributed by atoms with van der Waals surface area (Å²) in [5.41, 5.74) is 2.22. The lowest BCUT2D eigenvalue weighted by Gasteiger charge is -2.12. The summed E-state index contributed by atoms with van der Waals surface area (Å²) < 4.78 is 25.4. The molecule has 30 heavy (non-hydrogen) atoms. The normalized spacial score (nSPS) is 11.9. The molecule has 0 radical (unpaired) electrons. The van der Waals surface area contributed by atoms with Gasteiger partial charge < -0.3 is 15.2 Å². The van der Waals surface area contributed by atoms with Gasteiger partial charge in [-0.15, -0.1) is 24.0 Å². The van der Waals surface area contributed by atoms with Crippen LogP contribution >= 0.6 is 24.0 Å². The minimum Gasteiger partial charge on any atom is -0.357 e. The largest absolute Gasteiger partial charge is 0.357 e. The number of rotatable bonds is 8. The molecule has 1 aromatic heterocycles. The number of aliphatic imine (C=N–C) groups is 1. The van der Waals surface area contributed by atoms with Gasteiger partial charge in [0, 0.05) is 37.6 Å². The molecule has 0 aliphatic heterocycles. The number of nitrogens with one attached hydrogen (secondary N) is 2. The first-order valence-corrected chi connectivity index (χ1v) is 11.7. The summed E-state index contributed by atoms with van der Waals surface area (Å²) >= 11 is 0. The molecule has 3 aromatic rings. The molecule has 3 rings (SSSR count). The van der Waals surface area contributed by atoms with Crippen LogP contribution in [0, 0.1) is 0 Å². The Morgan fingerprint density at radius 1 is 1.03 bits per heavy atom. The Morgan fingerprint density at radius 2 is 1.77 bits per heavy atom. The van der Waals surface area contributed by atoms with E-state index in [1.165, 1.54) is 17.2 Å². The van der Waals surface area contributed by atoms with Crippen LogP contribution in [0.25, 0.3) is 10.9 Å². The molecule has 0 unspecified atom stereocenters. The Balaban J connectivity index is 0.00000320. The zero-order valence-electron chi connectivity index (χ0n) is 17.3. The highest BCUT2D eigenvalue weighted by Gasteiger charge is 2.06. The highest BCUT2D eigenvalue weighted by Crippen LogP contribution is 2.15. The average Bonchev–Trinajstić information content (AvgIpc) is 3.12. The Hall–Kier alpha value is -2.07. The number of benzene rings is 2. The van der Waals surface area contributed by atoms with Crippen molar-refractivity contribution in [3.8, 4) is 0 Å². The number of sulfone groups is 1. The number of aryl methyl sites for hydroxylation is 1. The first-order chi connectivity index (χ1) is 14.0. The Kier molecular flexibility index (Phi) is 9.16. The van der Waals surface area contributed by atoms with Crippen molar-refractivity contribution in [1.29, 1.82) is 0 Å². The van der Waals surface area contributed by atoms with Crippen LogP contribution in [0.15, 0.2) is 70.7 Å². The summed E-state index contributed by atoms with van der Waals surface area (Å²) in [7, 11) is -3.17. The quantitative estimate of drug-likeness (QED) is 0.197. The van der Waals surface area contributed by atoms with Crippen molar-refractivity contribution in [2.75, 3.05) is 19.3 Å². The van der Waals surface area contributed by atoms with Crippen molar-refractivity contribution in [1.82, 2.24) is 15.2 Å². The standard InChI is InChI=1S/C22H28N4O2S.HI/c1-3-23-22(25-17-18-9-11-20(12-10-18)29(2,27)28)24-14-6-15-26-16-13-19-7-4-5-8-21(19)26;/h4-5,7-13,16H,3,6,14-15,17H2,1-2H3,(H2,23,24,25);1H. The van der Waals surface area contributed by atoms with Crippen molar-refractivity contribution in [2.45, 2.75) is 31.3 Å². The highest BCUT2D eigenvalue weighted by molar-refractivity contribution is 14.0. The predicted octanol–water partition coefficient (Wildman–Crippen LogP) is 3.81. The maximum absolute atomic E-state index is 11.6. The van der Waals surface area contributed by atoms with E-state index in [0.717, 1.165) is 37.6 Å².